The van der Waals surface area contributed by atoms with E-state index in [1.165, 1.54) is 65.7 Å². The van der Waals surface area contributed by atoms with Gasteiger partial charge in [-0.2, -0.15) is 0 Å². The number of amides is 10. The minimum Gasteiger partial charge on any atom is -0.465 e. The molecule has 0 spiro atoms. The van der Waals surface area contributed by atoms with Crippen LogP contribution in [0.4, 0.5) is 20.1 Å². The Hall–Kier alpha value is -8.63. The van der Waals surface area contributed by atoms with E-state index >= 15 is 0 Å². The van der Waals surface area contributed by atoms with E-state index in [0.717, 1.165) is 21.6 Å². The average Bonchev–Trinajstić information content (AvgIpc) is 0.817. The van der Waals surface area contributed by atoms with Gasteiger partial charge >= 0.3 is 30.2 Å². The van der Waals surface area contributed by atoms with E-state index in [2.05, 4.69) is 37.4 Å². The van der Waals surface area contributed by atoms with Crippen molar-refractivity contribution in [3.8, 4) is 0 Å². The number of benzene rings is 2. The van der Waals surface area contributed by atoms with Crippen LogP contribution in [0.3, 0.4) is 0 Å². The summed E-state index contributed by atoms with van der Waals surface area (Å²) in [6.07, 6.45) is 1.49. The maximum absolute atomic E-state index is 14.8. The summed E-state index contributed by atoms with van der Waals surface area (Å²) in [6, 6.07) is 6.12. The summed E-state index contributed by atoms with van der Waals surface area (Å²) in [5.41, 5.74) is 11.7. The number of hydrogen-bond donors (Lipinski definition) is 10. The normalized spacial score (nSPS) is 22.5. The van der Waals surface area contributed by atoms with Gasteiger partial charge in [-0.25, -0.2) is 34.8 Å². The van der Waals surface area contributed by atoms with Gasteiger partial charge in [0.25, 0.3) is 5.91 Å². The van der Waals surface area contributed by atoms with Gasteiger partial charge in [0.1, 0.15) is 42.1 Å². The molecule has 2 aromatic rings. The van der Waals surface area contributed by atoms with Crippen molar-refractivity contribution in [1.29, 1.82) is 0 Å². The highest BCUT2D eigenvalue weighted by Gasteiger charge is 2.43. The predicted octanol–water partition coefficient (Wildman–Crippen LogP) is 7.37. The van der Waals surface area contributed by atoms with Crippen molar-refractivity contribution >= 4 is 89.2 Å². The minimum absolute atomic E-state index is 0.0279. The number of hydrazine groups is 1. The number of ether oxygens (including phenoxy) is 2. The molecule has 2 aromatic carbocycles. The van der Waals surface area contributed by atoms with E-state index < -0.39 is 150 Å². The van der Waals surface area contributed by atoms with Crippen LogP contribution in [-0.2, 0) is 65.5 Å². The molecular weight excluding hydrogens is 1340 g/mol. The van der Waals surface area contributed by atoms with E-state index in [4.69, 9.17) is 26.8 Å². The lowest BCUT2D eigenvalue weighted by molar-refractivity contribution is -0.159. The SMILES string of the molecule is C/C=C(\C)[C@H]1OC(=O)C(C)(C)NC(=O)[C@H]([C@H](C)CC)NC(=O)CN(C)C(=O)[C@@H](Cc2ccc(Cl)cc2)N(C)C(=O)[C@H](C)NC(=O)[C@@H](CC(C)C)OC(=O)/C(C)=C/C[C@H](C(CCCCC(Cc2ccc(NC(=O)[C@H](CCCNC(N)=O)NN[C@H](C=O)C(C)C)cc2)N(C)C(=O)O)N(C)C(=O)O)[C@@H]1C. The Morgan fingerprint density at radius 2 is 1.43 bits per heavy atom. The fourth-order valence-electron chi connectivity index (χ4n) is 11.9. The van der Waals surface area contributed by atoms with Gasteiger partial charge in [0, 0.05) is 75.4 Å². The lowest BCUT2D eigenvalue weighted by Crippen LogP contribution is -2.60. The maximum atomic E-state index is 14.8. The Labute approximate surface area is 606 Å². The first-order chi connectivity index (χ1) is 47.8. The summed E-state index contributed by atoms with van der Waals surface area (Å²) in [7, 11) is 5.62. The quantitative estimate of drug-likeness (QED) is 0.0131. The number of aldehydes is 1. The summed E-state index contributed by atoms with van der Waals surface area (Å²) in [4.78, 5) is 168. The first-order valence-electron chi connectivity index (χ1n) is 35.0. The summed E-state index contributed by atoms with van der Waals surface area (Å²) >= 11 is 6.20. The number of nitrogens with zero attached hydrogens (tertiary/aromatic N) is 4. The van der Waals surface area contributed by atoms with E-state index in [1.54, 1.807) is 88.4 Å². The van der Waals surface area contributed by atoms with Crippen LogP contribution in [-0.4, -0.2) is 203 Å². The molecule has 102 heavy (non-hydrogen) atoms. The Morgan fingerprint density at radius 1 is 0.824 bits per heavy atom. The van der Waals surface area contributed by atoms with Crippen LogP contribution in [0.25, 0.3) is 0 Å². The van der Waals surface area contributed by atoms with E-state index in [1.807, 2.05) is 34.6 Å². The molecule has 28 nitrogen and oxygen atoms in total. The molecule has 0 saturated heterocycles. The number of nitrogens with one attached hydrogen (secondary N) is 7. The minimum atomic E-state index is -1.77. The Kier molecular flexibility index (Phi) is 36.1. The number of unbranched alkanes of at least 4 members (excludes halogenated alkanes) is 1. The Balaban J connectivity index is 2.15. The number of carbonyl (C=O) groups excluding carboxylic acids is 10. The zero-order chi connectivity index (χ0) is 77.0. The third-order valence-electron chi connectivity index (χ3n) is 18.9. The smallest absolute Gasteiger partial charge is 0.407 e. The van der Waals surface area contributed by atoms with Crippen molar-refractivity contribution in [1.82, 2.24) is 51.7 Å². The molecule has 0 radical (unpaired) electrons. The van der Waals surface area contributed by atoms with E-state index in [9.17, 15) is 67.7 Å². The summed E-state index contributed by atoms with van der Waals surface area (Å²) in [5.74, 6) is -8.18. The van der Waals surface area contributed by atoms with Gasteiger partial charge in [-0.05, 0) is 151 Å². The van der Waals surface area contributed by atoms with Gasteiger partial charge in [0.15, 0.2) is 6.10 Å². The fraction of sp³-hybridized carbons (Fsp3) is 0.616. The number of cyclic esters (lactones) is 2. The average molecular weight is 1450 g/mol. The number of likely N-dealkylation sites (N-methyl/N-ethyl adjacent to an activating group) is 3. The number of nitrogens with two attached hydrogens (primary N) is 1. The van der Waals surface area contributed by atoms with Crippen molar-refractivity contribution in [2.75, 3.05) is 46.6 Å². The molecule has 12 atom stereocenters. The van der Waals surface area contributed by atoms with Crippen LogP contribution >= 0.6 is 11.6 Å². The second kappa shape index (κ2) is 42.1. The summed E-state index contributed by atoms with van der Waals surface area (Å²) < 4.78 is 12.4. The highest BCUT2D eigenvalue weighted by atomic mass is 35.5. The highest BCUT2D eigenvalue weighted by molar-refractivity contribution is 6.30. The first kappa shape index (κ1) is 87.6. The van der Waals surface area contributed by atoms with Gasteiger partial charge < -0.3 is 76.4 Å². The molecular formula is C73H113ClN12O16. The van der Waals surface area contributed by atoms with Gasteiger partial charge in [0.2, 0.25) is 29.5 Å². The number of primary amides is 1. The number of halogens is 1. The van der Waals surface area contributed by atoms with Crippen molar-refractivity contribution < 1.29 is 77.2 Å². The van der Waals surface area contributed by atoms with Crippen LogP contribution in [0.2, 0.25) is 5.02 Å². The number of rotatable bonds is 28. The zero-order valence-corrected chi connectivity index (χ0v) is 63.2. The number of hydrogen-bond acceptors (Lipinski definition) is 16. The van der Waals surface area contributed by atoms with Gasteiger partial charge in [-0.1, -0.05) is 116 Å². The number of urea groups is 1. The molecule has 0 bridgehead atoms. The Morgan fingerprint density at radius 3 is 1.99 bits per heavy atom. The third-order valence-corrected chi connectivity index (χ3v) is 19.2. The van der Waals surface area contributed by atoms with Crippen molar-refractivity contribution in [2.45, 2.75) is 221 Å². The van der Waals surface area contributed by atoms with Crippen LogP contribution in [0.5, 0.6) is 0 Å². The van der Waals surface area contributed by atoms with Crippen LogP contribution in [0, 0.1) is 29.6 Å². The van der Waals surface area contributed by atoms with E-state index in [-0.39, 0.29) is 62.5 Å². The second-order valence-electron chi connectivity index (χ2n) is 28.2. The van der Waals surface area contributed by atoms with Gasteiger partial charge in [0.05, 0.1) is 12.6 Å². The molecule has 29 heteroatoms. The molecule has 0 aromatic heterocycles. The third kappa shape index (κ3) is 27.6. The second-order valence-corrected chi connectivity index (χ2v) is 28.6. The molecule has 11 N–H and O–H groups in total. The zero-order valence-electron chi connectivity index (χ0n) is 62.5. The largest absolute Gasteiger partial charge is 0.465 e. The number of carbonyl (C=O) groups is 12. The van der Waals surface area contributed by atoms with Crippen molar-refractivity contribution in [2.24, 2.45) is 35.3 Å². The van der Waals surface area contributed by atoms with Gasteiger partial charge in [-0.15, -0.1) is 0 Å². The molecule has 1 heterocycles. The number of carboxylic acid groups (broad SMARTS) is 2. The van der Waals surface area contributed by atoms with Crippen LogP contribution in [0.1, 0.15) is 159 Å². The molecule has 2 unspecified atom stereocenters. The lowest BCUT2D eigenvalue weighted by Gasteiger charge is -2.40. The van der Waals surface area contributed by atoms with E-state index in [0.29, 0.717) is 54.0 Å². The van der Waals surface area contributed by atoms with Crippen LogP contribution in [0.15, 0.2) is 71.8 Å². The molecule has 1 aliphatic heterocycles. The topological polar surface area (TPSA) is 387 Å². The first-order valence-corrected chi connectivity index (χ1v) is 35.4. The molecule has 0 saturated carbocycles. The Bertz CT molecular complexity index is 3240. The number of esters is 2. The highest BCUT2D eigenvalue weighted by Crippen LogP contribution is 2.35. The molecule has 568 valence electrons. The number of anilines is 1. The lowest BCUT2D eigenvalue weighted by atomic mass is 9.76. The molecule has 0 fully saturated rings. The van der Waals surface area contributed by atoms with Crippen molar-refractivity contribution in [3.05, 3.63) is 88.0 Å². The molecule has 1 aliphatic rings. The molecule has 3 rings (SSSR count). The number of allylic oxidation sites excluding steroid dienone is 2. The molecule has 10 amide bonds. The van der Waals surface area contributed by atoms with Crippen molar-refractivity contribution in [3.63, 3.8) is 0 Å². The van der Waals surface area contributed by atoms with Crippen LogP contribution < -0.4 is 43.2 Å². The summed E-state index contributed by atoms with van der Waals surface area (Å²) in [6.45, 7) is 21.5. The fourth-order valence-corrected chi connectivity index (χ4v) is 12.1. The molecule has 0 aliphatic carbocycles. The monoisotopic (exact) mass is 1450 g/mol. The standard InChI is InChI=1S/C73H113ClN12O16/c1-18-44(7)61-65(91)80-73(12,13)69(95)102-62(45(8)19-2)47(10)54(35-26-46(9)68(94)101-59(37-42(3)4)64(90)77-48(11)66(92)85(16)58(39-50-27-31-51(74)32-28-50)67(93)83(14)40-60(88)79-61)57(86(17)72(99)100)25-21-20-23-53(84(15)71(97)98)38-49-29-33-52(34-30-49)78-63(89)55(24-22-36-76-70(75)96)81-82-56(41-87)43(5)6/h19,26-34,41-44,47-48,53-59,61-62,81-82H,18,20-25,35-40H2,1-17H3,(H,77,90)(H,78,89)(H,79,88)(H,80,91)(H,97,98)(H,99,100)(H3,75,76,96)/b45-19+,46-26+/t44-,47+,48+,53?,54+,55+,56-,57?,58-,59-,61+,62-/m1/s1. The van der Waals surface area contributed by atoms with Gasteiger partial charge in [-0.3, -0.25) is 28.8 Å². The maximum Gasteiger partial charge on any atom is 0.407 e. The summed E-state index contributed by atoms with van der Waals surface area (Å²) in [5, 5.41) is 35.2. The predicted molar refractivity (Wildman–Crippen MR) is 388 cm³/mol.